The Labute approximate surface area is 119 Å². The van der Waals surface area contributed by atoms with Crippen molar-refractivity contribution in [2.24, 2.45) is 5.92 Å². The number of aryl methyl sites for hydroxylation is 1. The van der Waals surface area contributed by atoms with E-state index in [0.717, 1.165) is 41.8 Å². The maximum absolute atomic E-state index is 10.8. The number of carboxylic acids is 1. The van der Waals surface area contributed by atoms with Crippen molar-refractivity contribution in [3.8, 4) is 0 Å². The van der Waals surface area contributed by atoms with Crippen LogP contribution in [0.5, 0.6) is 0 Å². The van der Waals surface area contributed by atoms with Crippen LogP contribution in [0.4, 0.5) is 0 Å². The Hall–Kier alpha value is -1.84. The third-order valence-electron chi connectivity index (χ3n) is 3.29. The largest absolute Gasteiger partial charge is 0.481 e. The predicted octanol–water partition coefficient (Wildman–Crippen LogP) is 3.27. The van der Waals surface area contributed by atoms with E-state index in [1.807, 2.05) is 18.2 Å². The molecule has 0 aliphatic rings. The zero-order valence-electron chi connectivity index (χ0n) is 12.4. The van der Waals surface area contributed by atoms with E-state index in [1.54, 1.807) is 0 Å². The van der Waals surface area contributed by atoms with Crippen LogP contribution in [0.2, 0.25) is 0 Å². The molecule has 0 atom stereocenters. The molecule has 0 aliphatic carbocycles. The van der Waals surface area contributed by atoms with Crippen molar-refractivity contribution in [1.29, 1.82) is 0 Å². The minimum Gasteiger partial charge on any atom is -0.481 e. The fourth-order valence-electron chi connectivity index (χ4n) is 2.50. The summed E-state index contributed by atoms with van der Waals surface area (Å²) in [6.07, 6.45) is 2.06. The molecule has 0 amide bonds. The lowest BCUT2D eigenvalue weighted by Crippen LogP contribution is -2.06. The van der Waals surface area contributed by atoms with E-state index in [0.29, 0.717) is 5.92 Å². The van der Waals surface area contributed by atoms with Crippen molar-refractivity contribution in [2.75, 3.05) is 0 Å². The summed E-state index contributed by atoms with van der Waals surface area (Å²) in [5, 5.41) is 8.88. The van der Waals surface area contributed by atoms with Gasteiger partial charge < -0.3 is 9.67 Å². The molecule has 1 heterocycles. The molecule has 0 spiro atoms. The summed E-state index contributed by atoms with van der Waals surface area (Å²) >= 11 is 0. The van der Waals surface area contributed by atoms with Crippen LogP contribution in [-0.4, -0.2) is 20.6 Å². The Morgan fingerprint density at radius 2 is 2.15 bits per heavy atom. The number of aromatic nitrogens is 2. The van der Waals surface area contributed by atoms with Crippen molar-refractivity contribution in [3.05, 3.63) is 29.6 Å². The van der Waals surface area contributed by atoms with Gasteiger partial charge in [0.2, 0.25) is 0 Å². The first-order valence-corrected chi connectivity index (χ1v) is 7.21. The normalized spacial score (nSPS) is 11.4. The van der Waals surface area contributed by atoms with Gasteiger partial charge in [-0.2, -0.15) is 0 Å². The third-order valence-corrected chi connectivity index (χ3v) is 3.29. The SMILES string of the molecule is CCCn1c(CC(C)C)nc2cc(CC(=O)O)ccc21. The molecule has 0 radical (unpaired) electrons. The van der Waals surface area contributed by atoms with Gasteiger partial charge in [-0.1, -0.05) is 26.8 Å². The molecule has 0 aliphatic heterocycles. The highest BCUT2D eigenvalue weighted by atomic mass is 16.4. The van der Waals surface area contributed by atoms with Crippen LogP contribution in [0.25, 0.3) is 11.0 Å². The van der Waals surface area contributed by atoms with Crippen molar-refractivity contribution in [1.82, 2.24) is 9.55 Å². The van der Waals surface area contributed by atoms with Gasteiger partial charge in [-0.05, 0) is 30.0 Å². The number of fused-ring (bicyclic) bond motifs is 1. The summed E-state index contributed by atoms with van der Waals surface area (Å²) in [7, 11) is 0. The molecule has 0 bridgehead atoms. The van der Waals surface area contributed by atoms with Crippen LogP contribution in [0.3, 0.4) is 0 Å². The average molecular weight is 274 g/mol. The maximum Gasteiger partial charge on any atom is 0.307 e. The fraction of sp³-hybridized carbons (Fsp3) is 0.500. The first-order valence-electron chi connectivity index (χ1n) is 7.21. The summed E-state index contributed by atoms with van der Waals surface area (Å²) in [6, 6.07) is 5.79. The highest BCUT2D eigenvalue weighted by molar-refractivity contribution is 5.79. The van der Waals surface area contributed by atoms with E-state index in [4.69, 9.17) is 10.1 Å². The van der Waals surface area contributed by atoms with Crippen LogP contribution in [0.15, 0.2) is 18.2 Å². The number of aliphatic carboxylic acids is 1. The molecule has 1 aromatic carbocycles. The van der Waals surface area contributed by atoms with Gasteiger partial charge >= 0.3 is 5.97 Å². The number of rotatable bonds is 6. The topological polar surface area (TPSA) is 55.1 Å². The zero-order valence-corrected chi connectivity index (χ0v) is 12.4. The molecule has 0 fully saturated rings. The molecular formula is C16H22N2O2. The predicted molar refractivity (Wildman–Crippen MR) is 79.9 cm³/mol. The van der Waals surface area contributed by atoms with Gasteiger partial charge in [-0.3, -0.25) is 4.79 Å². The number of carbonyl (C=O) groups is 1. The summed E-state index contributed by atoms with van der Waals surface area (Å²) in [5.74, 6) is 0.852. The van der Waals surface area contributed by atoms with Gasteiger partial charge in [-0.25, -0.2) is 4.98 Å². The van der Waals surface area contributed by atoms with Crippen molar-refractivity contribution in [3.63, 3.8) is 0 Å². The van der Waals surface area contributed by atoms with Gasteiger partial charge in [0.15, 0.2) is 0 Å². The molecule has 108 valence electrons. The van der Waals surface area contributed by atoms with Gasteiger partial charge in [-0.15, -0.1) is 0 Å². The number of carboxylic acid groups (broad SMARTS) is 1. The molecule has 2 aromatic rings. The summed E-state index contributed by atoms with van der Waals surface area (Å²) in [4.78, 5) is 15.5. The Balaban J connectivity index is 2.45. The summed E-state index contributed by atoms with van der Waals surface area (Å²) in [6.45, 7) is 7.48. The molecule has 0 saturated heterocycles. The first-order chi connectivity index (χ1) is 9.51. The third kappa shape index (κ3) is 3.18. The second-order valence-electron chi connectivity index (χ2n) is 5.67. The lowest BCUT2D eigenvalue weighted by molar-refractivity contribution is -0.136. The van der Waals surface area contributed by atoms with Crippen molar-refractivity contribution >= 4 is 17.0 Å². The maximum atomic E-state index is 10.8. The molecule has 0 saturated carbocycles. The Morgan fingerprint density at radius 1 is 1.40 bits per heavy atom. The summed E-state index contributed by atoms with van der Waals surface area (Å²) in [5.41, 5.74) is 2.83. The van der Waals surface area contributed by atoms with Crippen LogP contribution >= 0.6 is 0 Å². The minimum atomic E-state index is -0.806. The zero-order chi connectivity index (χ0) is 14.7. The van der Waals surface area contributed by atoms with E-state index in [1.165, 1.54) is 0 Å². The Kier molecular flexibility index (Phi) is 4.42. The smallest absolute Gasteiger partial charge is 0.307 e. The number of hydrogen-bond donors (Lipinski definition) is 1. The van der Waals surface area contributed by atoms with Crippen molar-refractivity contribution in [2.45, 2.75) is 46.6 Å². The quantitative estimate of drug-likeness (QED) is 0.879. The number of benzene rings is 1. The number of hydrogen-bond acceptors (Lipinski definition) is 2. The molecule has 1 N–H and O–H groups in total. The van der Waals surface area contributed by atoms with E-state index in [-0.39, 0.29) is 6.42 Å². The molecule has 0 unspecified atom stereocenters. The first kappa shape index (κ1) is 14.6. The summed E-state index contributed by atoms with van der Waals surface area (Å²) < 4.78 is 2.26. The highest BCUT2D eigenvalue weighted by Crippen LogP contribution is 2.21. The van der Waals surface area contributed by atoms with Crippen molar-refractivity contribution < 1.29 is 9.90 Å². The molecule has 4 nitrogen and oxygen atoms in total. The second-order valence-corrected chi connectivity index (χ2v) is 5.67. The second kappa shape index (κ2) is 6.07. The Morgan fingerprint density at radius 3 is 2.75 bits per heavy atom. The number of nitrogens with zero attached hydrogens (tertiary/aromatic N) is 2. The fourth-order valence-corrected chi connectivity index (χ4v) is 2.50. The van der Waals surface area contributed by atoms with E-state index in [9.17, 15) is 4.79 Å². The van der Waals surface area contributed by atoms with E-state index >= 15 is 0 Å². The average Bonchev–Trinajstić information content (AvgIpc) is 2.65. The molecule has 20 heavy (non-hydrogen) atoms. The minimum absolute atomic E-state index is 0.0517. The number of imidazole rings is 1. The van der Waals surface area contributed by atoms with Gasteiger partial charge in [0.1, 0.15) is 5.82 Å². The van der Waals surface area contributed by atoms with E-state index in [2.05, 4.69) is 25.3 Å². The van der Waals surface area contributed by atoms with Crippen LogP contribution < -0.4 is 0 Å². The standard InChI is InChI=1S/C16H22N2O2/c1-4-7-18-14-6-5-12(10-16(19)20)9-13(14)17-15(18)8-11(2)3/h5-6,9,11H,4,7-8,10H2,1-3H3,(H,19,20). The lowest BCUT2D eigenvalue weighted by atomic mass is 10.1. The van der Waals surface area contributed by atoms with Crippen LogP contribution in [0, 0.1) is 5.92 Å². The monoisotopic (exact) mass is 274 g/mol. The van der Waals surface area contributed by atoms with E-state index < -0.39 is 5.97 Å². The molecular weight excluding hydrogens is 252 g/mol. The van der Waals surface area contributed by atoms with Crippen LogP contribution in [0.1, 0.15) is 38.6 Å². The molecule has 1 aromatic heterocycles. The lowest BCUT2D eigenvalue weighted by Gasteiger charge is -2.09. The Bertz CT molecular complexity index is 614. The van der Waals surface area contributed by atoms with Gasteiger partial charge in [0.25, 0.3) is 0 Å². The van der Waals surface area contributed by atoms with Crippen LogP contribution in [-0.2, 0) is 24.2 Å². The highest BCUT2D eigenvalue weighted by Gasteiger charge is 2.12. The molecule has 2 rings (SSSR count). The van der Waals surface area contributed by atoms with Gasteiger partial charge in [0.05, 0.1) is 17.5 Å². The van der Waals surface area contributed by atoms with Gasteiger partial charge in [0, 0.05) is 13.0 Å². The molecule has 4 heteroatoms.